The number of rotatable bonds is 1. The van der Waals surface area contributed by atoms with Crippen LogP contribution in [0.15, 0.2) is 18.2 Å². The van der Waals surface area contributed by atoms with Crippen molar-refractivity contribution in [2.24, 2.45) is 0 Å². The normalized spacial score (nSPS) is 7.38. The summed E-state index contributed by atoms with van der Waals surface area (Å²) in [5, 5.41) is 8.36. The monoisotopic (exact) mass is 183 g/mol. The fraction of sp³-hybridized carbons (Fsp3) is 0. The van der Waals surface area contributed by atoms with E-state index in [1.807, 2.05) is 0 Å². The molecule has 0 bridgehead atoms. The number of nitrogens with zero attached hydrogens (tertiary/aromatic N) is 1. The second-order valence-electron chi connectivity index (χ2n) is 1.97. The third-order valence-corrected chi connectivity index (χ3v) is 1.25. The van der Waals surface area contributed by atoms with Gasteiger partial charge in [0.25, 0.3) is 0 Å². The number of benzene rings is 1. The number of nitriles is 1. The number of hydrogen-bond donors (Lipinski definition) is 0. The van der Waals surface area contributed by atoms with Crippen molar-refractivity contribution in [2.75, 3.05) is 0 Å². The van der Waals surface area contributed by atoms with Crippen LogP contribution in [0.25, 0.3) is 0 Å². The molecule has 5 heteroatoms. The first kappa shape index (κ1) is 14.9. The van der Waals surface area contributed by atoms with Crippen LogP contribution in [0, 0.1) is 17.1 Å². The Hall–Kier alpha value is -0.625. The van der Waals surface area contributed by atoms with Crippen LogP contribution in [0.3, 0.4) is 0 Å². The zero-order valence-corrected chi connectivity index (χ0v) is 9.12. The SMILES string of the molecule is N#Cc1ccc(F)c(C=O)c1.[B-].[Na+]. The van der Waals surface area contributed by atoms with Gasteiger partial charge >= 0.3 is 29.6 Å². The van der Waals surface area contributed by atoms with E-state index in [4.69, 9.17) is 5.26 Å². The Labute approximate surface area is 99.6 Å². The van der Waals surface area contributed by atoms with Crippen LogP contribution in [0.2, 0.25) is 0 Å². The van der Waals surface area contributed by atoms with E-state index in [1.54, 1.807) is 6.07 Å². The molecular weight excluding hydrogens is 179 g/mol. The average molecular weight is 183 g/mol. The van der Waals surface area contributed by atoms with Gasteiger partial charge in [0.15, 0.2) is 6.29 Å². The van der Waals surface area contributed by atoms with Gasteiger partial charge in [-0.3, -0.25) is 4.79 Å². The third-order valence-electron chi connectivity index (χ3n) is 1.25. The maximum absolute atomic E-state index is 12.6. The van der Waals surface area contributed by atoms with Crippen LogP contribution in [0.4, 0.5) is 4.39 Å². The molecule has 0 aliphatic rings. The summed E-state index contributed by atoms with van der Waals surface area (Å²) >= 11 is 0. The summed E-state index contributed by atoms with van der Waals surface area (Å²) in [4.78, 5) is 10.1. The molecule has 0 fully saturated rings. The number of halogens is 1. The van der Waals surface area contributed by atoms with Gasteiger partial charge in [-0.2, -0.15) is 5.26 Å². The fourth-order valence-electron chi connectivity index (χ4n) is 0.704. The Bertz CT molecular complexity index is 337. The molecule has 0 spiro atoms. The van der Waals surface area contributed by atoms with Crippen molar-refractivity contribution in [3.8, 4) is 6.07 Å². The number of hydrogen-bond acceptors (Lipinski definition) is 2. The summed E-state index contributed by atoms with van der Waals surface area (Å²) in [5.74, 6) is -0.598. The van der Waals surface area contributed by atoms with Crippen LogP contribution in [-0.2, 0) is 0 Å². The Kier molecular flexibility index (Phi) is 7.83. The minimum absolute atomic E-state index is 0. The summed E-state index contributed by atoms with van der Waals surface area (Å²) in [7, 11) is 0. The zero-order valence-electron chi connectivity index (χ0n) is 7.12. The number of carbonyl (C=O) groups excluding carboxylic acids is 1. The summed E-state index contributed by atoms with van der Waals surface area (Å²) in [6.07, 6.45) is 0.385. The first-order valence-electron chi connectivity index (χ1n) is 2.93. The van der Waals surface area contributed by atoms with Crippen molar-refractivity contribution < 1.29 is 38.7 Å². The van der Waals surface area contributed by atoms with Crippen LogP contribution in [0.1, 0.15) is 15.9 Å². The minimum Gasteiger partial charge on any atom is -1.00 e. The molecule has 4 radical (unpaired) electrons. The van der Waals surface area contributed by atoms with Gasteiger partial charge in [-0.15, -0.1) is 0 Å². The Morgan fingerprint density at radius 1 is 1.46 bits per heavy atom. The molecule has 0 atom stereocenters. The van der Waals surface area contributed by atoms with E-state index in [0.29, 0.717) is 6.29 Å². The molecule has 0 heterocycles. The maximum atomic E-state index is 12.6. The Morgan fingerprint density at radius 3 is 2.54 bits per heavy atom. The van der Waals surface area contributed by atoms with E-state index in [0.717, 1.165) is 6.07 Å². The van der Waals surface area contributed by atoms with E-state index in [1.165, 1.54) is 12.1 Å². The average Bonchev–Trinajstić information content (AvgIpc) is 2.05. The van der Waals surface area contributed by atoms with Crippen molar-refractivity contribution in [2.45, 2.75) is 0 Å². The van der Waals surface area contributed by atoms with E-state index in [-0.39, 0.29) is 49.1 Å². The predicted molar refractivity (Wildman–Crippen MR) is 42.3 cm³/mol. The maximum Gasteiger partial charge on any atom is 1.00 e. The van der Waals surface area contributed by atoms with Gasteiger partial charge in [0.05, 0.1) is 17.2 Å². The minimum atomic E-state index is -0.598. The van der Waals surface area contributed by atoms with Crippen molar-refractivity contribution >= 4 is 14.7 Å². The van der Waals surface area contributed by atoms with E-state index in [2.05, 4.69) is 0 Å². The molecule has 1 aromatic carbocycles. The van der Waals surface area contributed by atoms with Gasteiger partial charge in [-0.05, 0) is 18.2 Å². The van der Waals surface area contributed by atoms with Crippen molar-refractivity contribution in [1.29, 1.82) is 5.26 Å². The molecule has 0 amide bonds. The fourth-order valence-corrected chi connectivity index (χ4v) is 0.704. The van der Waals surface area contributed by atoms with Crippen molar-refractivity contribution in [3.63, 3.8) is 0 Å². The zero-order chi connectivity index (χ0) is 8.27. The molecule has 1 aromatic rings. The number of carbonyl (C=O) groups is 1. The molecule has 0 saturated carbocycles. The van der Waals surface area contributed by atoms with Gasteiger partial charge in [0.1, 0.15) is 5.82 Å². The summed E-state index contributed by atoms with van der Waals surface area (Å²) < 4.78 is 12.6. The Balaban J connectivity index is 0. The van der Waals surface area contributed by atoms with Gasteiger partial charge in [0, 0.05) is 0 Å². The van der Waals surface area contributed by atoms with Crippen LogP contribution in [-0.4, -0.2) is 14.7 Å². The van der Waals surface area contributed by atoms with Gasteiger partial charge in [-0.1, -0.05) is 0 Å². The first-order valence-corrected chi connectivity index (χ1v) is 2.93. The molecule has 0 N–H and O–H groups in total. The molecule has 13 heavy (non-hydrogen) atoms. The first-order chi connectivity index (χ1) is 5.27. The van der Waals surface area contributed by atoms with Crippen LogP contribution in [0.5, 0.6) is 0 Å². The summed E-state index contributed by atoms with van der Waals surface area (Å²) in [5.41, 5.74) is 0.206. The predicted octanol–water partition coefficient (Wildman–Crippen LogP) is -1.87. The molecule has 0 saturated heterocycles. The van der Waals surface area contributed by atoms with Gasteiger partial charge in [-0.25, -0.2) is 4.39 Å². The molecule has 2 nitrogen and oxygen atoms in total. The molecule has 0 aromatic heterocycles. The van der Waals surface area contributed by atoms with E-state index in [9.17, 15) is 9.18 Å². The molecule has 1 rings (SSSR count). The molecule has 0 aliphatic carbocycles. The smallest absolute Gasteiger partial charge is 1.00 e. The Morgan fingerprint density at radius 2 is 2.08 bits per heavy atom. The second-order valence-corrected chi connectivity index (χ2v) is 1.97. The number of aldehydes is 1. The largest absolute Gasteiger partial charge is 1.00 e. The molecular formula is C8H4BFNNaO. The van der Waals surface area contributed by atoms with E-state index >= 15 is 0 Å². The van der Waals surface area contributed by atoms with Crippen LogP contribution < -0.4 is 29.6 Å². The molecule has 0 aliphatic heterocycles. The van der Waals surface area contributed by atoms with Crippen molar-refractivity contribution in [1.82, 2.24) is 0 Å². The molecule has 0 unspecified atom stereocenters. The van der Waals surface area contributed by atoms with Gasteiger partial charge in [0.2, 0.25) is 0 Å². The third kappa shape index (κ3) is 3.73. The van der Waals surface area contributed by atoms with Gasteiger partial charge < -0.3 is 8.41 Å². The topological polar surface area (TPSA) is 40.9 Å². The van der Waals surface area contributed by atoms with Crippen LogP contribution >= 0.6 is 0 Å². The quantitative estimate of drug-likeness (QED) is 0.378. The summed E-state index contributed by atoms with van der Waals surface area (Å²) in [6.45, 7) is 0. The molecule has 58 valence electrons. The van der Waals surface area contributed by atoms with E-state index < -0.39 is 5.82 Å². The second kappa shape index (κ2) is 6.84. The summed E-state index contributed by atoms with van der Waals surface area (Å²) in [6, 6.07) is 5.44. The van der Waals surface area contributed by atoms with Crippen molar-refractivity contribution in [3.05, 3.63) is 35.1 Å². The standard InChI is InChI=1S/C8H4FNO.B.Na/c9-8-2-1-6(4-10)3-7(8)5-11;;/h1-3,5H;;/q;-1;+1.